The number of amidine groups is 1. The zero-order chi connectivity index (χ0) is 26.8. The number of benzene rings is 1. The van der Waals surface area contributed by atoms with Crippen LogP contribution >= 0.6 is 0 Å². The topological polar surface area (TPSA) is 71.0 Å². The Bertz CT molecular complexity index is 847. The van der Waals surface area contributed by atoms with Gasteiger partial charge in [0.15, 0.2) is 5.84 Å². The first-order chi connectivity index (χ1) is 17.9. The van der Waals surface area contributed by atoms with Crippen LogP contribution in [0.15, 0.2) is 29.4 Å². The van der Waals surface area contributed by atoms with Gasteiger partial charge in [0.25, 0.3) is 0 Å². The Morgan fingerprint density at radius 1 is 0.838 bits per heavy atom. The Morgan fingerprint density at radius 2 is 1.32 bits per heavy atom. The molecule has 0 saturated carbocycles. The highest BCUT2D eigenvalue weighted by Gasteiger charge is 2.19. The minimum absolute atomic E-state index is 0.122. The van der Waals surface area contributed by atoms with Crippen molar-refractivity contribution < 1.29 is 13.2 Å². The third-order valence-corrected chi connectivity index (χ3v) is 8.40. The molecule has 1 N–H and O–H groups in total. The highest BCUT2D eigenvalue weighted by Crippen LogP contribution is 2.17. The van der Waals surface area contributed by atoms with E-state index in [0.717, 1.165) is 18.4 Å². The van der Waals surface area contributed by atoms with Crippen molar-refractivity contribution >= 4 is 15.9 Å². The lowest BCUT2D eigenvalue weighted by molar-refractivity contribution is 0.0681. The van der Waals surface area contributed by atoms with Crippen LogP contribution in [-0.4, -0.2) is 51.2 Å². The zero-order valence-electron chi connectivity index (χ0n) is 23.8. The highest BCUT2D eigenvalue weighted by molar-refractivity contribution is 7.89. The predicted octanol–water partition coefficient (Wildman–Crippen LogP) is 7.20. The van der Waals surface area contributed by atoms with Crippen molar-refractivity contribution in [2.24, 2.45) is 5.10 Å². The molecule has 0 amide bonds. The molecule has 0 aromatic heterocycles. The number of sulfonamides is 1. The molecule has 1 aromatic rings. The van der Waals surface area contributed by atoms with E-state index in [1.54, 1.807) is 0 Å². The first-order valence-corrected chi connectivity index (χ1v) is 16.6. The van der Waals surface area contributed by atoms with Gasteiger partial charge in [0, 0.05) is 18.7 Å². The molecule has 2 rings (SSSR count). The number of nitrogens with one attached hydrogen (secondary N) is 1. The summed E-state index contributed by atoms with van der Waals surface area (Å²) in [5, 5.41) is 4.40. The van der Waals surface area contributed by atoms with Gasteiger partial charge in [-0.2, -0.15) is 0 Å². The second-order valence-electron chi connectivity index (χ2n) is 10.8. The van der Waals surface area contributed by atoms with Crippen molar-refractivity contribution in [1.29, 1.82) is 0 Å². The molecule has 6 nitrogen and oxygen atoms in total. The molecule has 1 aromatic carbocycles. The van der Waals surface area contributed by atoms with E-state index in [-0.39, 0.29) is 5.75 Å². The molecular formula is C30H53N3O3S. The normalized spacial score (nSPS) is 14.9. The molecule has 7 heteroatoms. The van der Waals surface area contributed by atoms with E-state index in [1.165, 1.54) is 76.2 Å². The zero-order valence-corrected chi connectivity index (χ0v) is 24.7. The Balaban J connectivity index is 1.68. The minimum Gasteiger partial charge on any atom is -0.378 e. The summed E-state index contributed by atoms with van der Waals surface area (Å²) in [7, 11) is -3.46. The van der Waals surface area contributed by atoms with Crippen molar-refractivity contribution in [3.05, 3.63) is 35.4 Å². The van der Waals surface area contributed by atoms with Crippen LogP contribution in [0.2, 0.25) is 0 Å². The molecule has 0 unspecified atom stereocenters. The summed E-state index contributed by atoms with van der Waals surface area (Å²) in [6.07, 6.45) is 17.5. The molecule has 1 aliphatic heterocycles. The van der Waals surface area contributed by atoms with Crippen LogP contribution in [-0.2, 0) is 14.8 Å². The molecule has 0 atom stereocenters. The Kier molecular flexibility index (Phi) is 15.9. The van der Waals surface area contributed by atoms with Crippen LogP contribution in [0.5, 0.6) is 0 Å². The number of nitrogens with zero attached hydrogens (tertiary/aromatic N) is 2. The summed E-state index contributed by atoms with van der Waals surface area (Å²) >= 11 is 0. The second kappa shape index (κ2) is 18.6. The van der Waals surface area contributed by atoms with Gasteiger partial charge < -0.3 is 9.64 Å². The lowest BCUT2D eigenvalue weighted by Crippen LogP contribution is -2.42. The van der Waals surface area contributed by atoms with Crippen molar-refractivity contribution in [1.82, 2.24) is 9.73 Å². The standard InChI is InChI=1S/C30H53N3O3S/c1-4-5-6-7-8-9-10-11-12-13-14-15-16-17-26-37(34,35)32-31-30(33-22-24-36-25-23-33)29-20-18-28(19-21-29)27(2)3/h18-21,27,32H,4-17,22-26H2,1-3H3/b31-30-. The van der Waals surface area contributed by atoms with E-state index in [4.69, 9.17) is 4.74 Å². The lowest BCUT2D eigenvalue weighted by Gasteiger charge is -2.30. The fourth-order valence-corrected chi connectivity index (χ4v) is 5.66. The van der Waals surface area contributed by atoms with E-state index in [9.17, 15) is 8.42 Å². The number of rotatable bonds is 19. The van der Waals surface area contributed by atoms with E-state index >= 15 is 0 Å². The number of ether oxygens (including phenoxy) is 1. The van der Waals surface area contributed by atoms with Gasteiger partial charge in [-0.1, -0.05) is 129 Å². The number of hydrazone groups is 1. The number of morpholine rings is 1. The quantitative estimate of drug-likeness (QED) is 0.0880. The summed E-state index contributed by atoms with van der Waals surface area (Å²) in [5.74, 6) is 1.24. The van der Waals surface area contributed by atoms with Gasteiger partial charge in [-0.3, -0.25) is 0 Å². The molecule has 1 fully saturated rings. The van der Waals surface area contributed by atoms with Crippen LogP contribution in [0, 0.1) is 0 Å². The predicted molar refractivity (Wildman–Crippen MR) is 157 cm³/mol. The summed E-state index contributed by atoms with van der Waals surface area (Å²) < 4.78 is 30.8. The van der Waals surface area contributed by atoms with Crippen LogP contribution in [0.4, 0.5) is 0 Å². The summed E-state index contributed by atoms with van der Waals surface area (Å²) in [4.78, 5) is 4.62. The third-order valence-electron chi connectivity index (χ3n) is 7.20. The summed E-state index contributed by atoms with van der Waals surface area (Å²) in [6.45, 7) is 9.23. The molecule has 0 spiro atoms. The van der Waals surface area contributed by atoms with Gasteiger partial charge in [-0.05, 0) is 17.9 Å². The average Bonchev–Trinajstić information content (AvgIpc) is 2.90. The van der Waals surface area contributed by atoms with Gasteiger partial charge in [0.05, 0.1) is 19.0 Å². The van der Waals surface area contributed by atoms with Gasteiger partial charge in [0.2, 0.25) is 10.0 Å². The number of hydrogen-bond donors (Lipinski definition) is 1. The maximum atomic E-state index is 12.6. The van der Waals surface area contributed by atoms with Gasteiger partial charge in [0.1, 0.15) is 0 Å². The molecular weight excluding hydrogens is 482 g/mol. The molecule has 37 heavy (non-hydrogen) atoms. The van der Waals surface area contributed by atoms with E-state index < -0.39 is 10.0 Å². The van der Waals surface area contributed by atoms with Crippen molar-refractivity contribution in [2.45, 2.75) is 117 Å². The molecule has 1 saturated heterocycles. The molecule has 1 heterocycles. The van der Waals surface area contributed by atoms with Crippen molar-refractivity contribution in [3.8, 4) is 0 Å². The average molecular weight is 536 g/mol. The van der Waals surface area contributed by atoms with E-state index in [0.29, 0.717) is 44.5 Å². The third kappa shape index (κ3) is 13.7. The SMILES string of the molecule is CCCCCCCCCCCCCCCCS(=O)(=O)N/N=C(/c1ccc(C(C)C)cc1)N1CCOCC1. The van der Waals surface area contributed by atoms with Crippen LogP contribution in [0.25, 0.3) is 0 Å². The second-order valence-corrected chi connectivity index (χ2v) is 12.6. The van der Waals surface area contributed by atoms with Crippen LogP contribution < -0.4 is 4.83 Å². The molecule has 212 valence electrons. The first kappa shape index (κ1) is 31.6. The number of hydrogen-bond acceptors (Lipinski definition) is 4. The molecule has 0 aliphatic carbocycles. The first-order valence-electron chi connectivity index (χ1n) is 14.9. The maximum absolute atomic E-state index is 12.6. The number of unbranched alkanes of at least 4 members (excludes halogenated alkanes) is 13. The molecule has 0 bridgehead atoms. The Hall–Kier alpha value is -1.60. The van der Waals surface area contributed by atoms with Crippen molar-refractivity contribution in [3.63, 3.8) is 0 Å². The van der Waals surface area contributed by atoms with Gasteiger partial charge in [-0.25, -0.2) is 13.2 Å². The summed E-state index contributed by atoms with van der Waals surface area (Å²) in [6, 6.07) is 8.26. The molecule has 1 aliphatic rings. The van der Waals surface area contributed by atoms with E-state index in [2.05, 4.69) is 47.7 Å². The van der Waals surface area contributed by atoms with Crippen LogP contribution in [0.1, 0.15) is 128 Å². The fourth-order valence-electron chi connectivity index (χ4n) is 4.76. The maximum Gasteiger partial charge on any atom is 0.247 e. The smallest absolute Gasteiger partial charge is 0.247 e. The Morgan fingerprint density at radius 3 is 1.81 bits per heavy atom. The minimum atomic E-state index is -3.46. The van der Waals surface area contributed by atoms with E-state index in [1.807, 2.05) is 12.1 Å². The van der Waals surface area contributed by atoms with Gasteiger partial charge >= 0.3 is 0 Å². The van der Waals surface area contributed by atoms with Crippen molar-refractivity contribution in [2.75, 3.05) is 32.1 Å². The Labute approximate surface area is 227 Å². The summed E-state index contributed by atoms with van der Waals surface area (Å²) in [5.41, 5.74) is 2.17. The largest absolute Gasteiger partial charge is 0.378 e. The van der Waals surface area contributed by atoms with Crippen LogP contribution in [0.3, 0.4) is 0 Å². The monoisotopic (exact) mass is 535 g/mol. The highest BCUT2D eigenvalue weighted by atomic mass is 32.2. The molecule has 0 radical (unpaired) electrons. The lowest BCUT2D eigenvalue weighted by atomic mass is 10.0. The fraction of sp³-hybridized carbons (Fsp3) is 0.767. The van der Waals surface area contributed by atoms with Gasteiger partial charge in [-0.15, -0.1) is 5.10 Å².